The number of aliphatic hydroxyl groups is 1. The molecule has 9 nitrogen and oxygen atoms in total. The highest BCUT2D eigenvalue weighted by molar-refractivity contribution is 5.70. The molecule has 0 fully saturated rings. The molecule has 0 radical (unpaired) electrons. The lowest BCUT2D eigenvalue weighted by Gasteiger charge is -2.40. The number of hydrogen-bond acceptors (Lipinski definition) is 9. The second-order valence-corrected chi connectivity index (χ2v) is 9.41. The van der Waals surface area contributed by atoms with Crippen LogP contribution in [0.1, 0.15) is 40.8 Å². The van der Waals surface area contributed by atoms with E-state index in [1.54, 1.807) is 26.4 Å². The maximum absolute atomic E-state index is 13.2. The predicted octanol–water partition coefficient (Wildman–Crippen LogP) is 4.15. The van der Waals surface area contributed by atoms with E-state index in [0.717, 1.165) is 5.56 Å². The van der Waals surface area contributed by atoms with Gasteiger partial charge < -0.3 is 34.5 Å². The van der Waals surface area contributed by atoms with Crippen molar-refractivity contribution >= 4 is 5.95 Å². The Morgan fingerprint density at radius 1 is 0.923 bits per heavy atom. The second kappa shape index (κ2) is 9.06. The number of benzene rings is 3. The molecule has 0 spiro atoms. The van der Waals surface area contributed by atoms with Crippen LogP contribution in [0.3, 0.4) is 0 Å². The Morgan fingerprint density at radius 3 is 2.28 bits per heavy atom. The van der Waals surface area contributed by atoms with E-state index >= 15 is 0 Å². The fourth-order valence-corrected chi connectivity index (χ4v) is 6.05. The lowest BCUT2D eigenvalue weighted by Crippen LogP contribution is -2.49. The third-order valence-corrected chi connectivity index (χ3v) is 7.56. The van der Waals surface area contributed by atoms with Gasteiger partial charge in [0.05, 0.1) is 50.7 Å². The van der Waals surface area contributed by atoms with Gasteiger partial charge in [0.1, 0.15) is 23.0 Å². The summed E-state index contributed by atoms with van der Waals surface area (Å²) in [6, 6.07) is 20.7. The van der Waals surface area contributed by atoms with Gasteiger partial charge in [-0.2, -0.15) is 4.98 Å². The summed E-state index contributed by atoms with van der Waals surface area (Å²) in [4.78, 5) is 9.11. The van der Waals surface area contributed by atoms with E-state index in [9.17, 15) is 5.11 Å². The van der Waals surface area contributed by atoms with Crippen LogP contribution in [0.5, 0.6) is 28.9 Å². The summed E-state index contributed by atoms with van der Waals surface area (Å²) in [5.41, 5.74) is 5.80. The molecule has 4 aromatic rings. The molecule has 3 N–H and O–H groups in total. The number of ether oxygens (including phenoxy) is 5. The highest BCUT2D eigenvalue weighted by Crippen LogP contribution is 2.71. The molecular formula is C30H29N3O6. The Labute approximate surface area is 226 Å². The number of nitrogens with two attached hydrogens (primary N) is 1. The first-order valence-electron chi connectivity index (χ1n) is 12.6. The minimum Gasteiger partial charge on any atom is -0.497 e. The molecule has 200 valence electrons. The molecule has 1 aliphatic carbocycles. The van der Waals surface area contributed by atoms with Crippen molar-refractivity contribution in [2.24, 2.45) is 0 Å². The van der Waals surface area contributed by atoms with E-state index in [1.807, 2.05) is 61.5 Å². The van der Waals surface area contributed by atoms with Crippen molar-refractivity contribution in [2.75, 3.05) is 33.7 Å². The van der Waals surface area contributed by atoms with Crippen LogP contribution in [0.25, 0.3) is 0 Å². The molecule has 0 saturated carbocycles. The van der Waals surface area contributed by atoms with Gasteiger partial charge in [0.25, 0.3) is 0 Å². The largest absolute Gasteiger partial charge is 0.497 e. The van der Waals surface area contributed by atoms with Crippen LogP contribution in [0.15, 0.2) is 66.7 Å². The quantitative estimate of drug-likeness (QED) is 0.365. The van der Waals surface area contributed by atoms with Crippen molar-refractivity contribution in [3.05, 3.63) is 94.7 Å². The SMILES string of the molecule is CCOc1nc(N)nc2c1C(c1ccccc1)C1(c3ccc(OC)cc3)Oc3cc(OC)cc(OC)c3C21O. The first-order valence-corrected chi connectivity index (χ1v) is 12.6. The molecule has 1 aromatic heterocycles. The Kier molecular flexibility index (Phi) is 5.76. The normalized spacial score (nSPS) is 22.3. The molecule has 6 rings (SSSR count). The molecule has 3 aromatic carbocycles. The minimum absolute atomic E-state index is 0.0242. The predicted molar refractivity (Wildman–Crippen MR) is 144 cm³/mol. The summed E-state index contributed by atoms with van der Waals surface area (Å²) in [5.74, 6) is 1.65. The number of aromatic nitrogens is 2. The molecule has 3 atom stereocenters. The Balaban J connectivity index is 1.78. The van der Waals surface area contributed by atoms with Crippen molar-refractivity contribution in [2.45, 2.75) is 24.0 Å². The van der Waals surface area contributed by atoms with Crippen molar-refractivity contribution in [1.29, 1.82) is 0 Å². The summed E-state index contributed by atoms with van der Waals surface area (Å²) in [6.45, 7) is 2.21. The van der Waals surface area contributed by atoms with Gasteiger partial charge in [-0.15, -0.1) is 0 Å². The maximum Gasteiger partial charge on any atom is 0.223 e. The highest BCUT2D eigenvalue weighted by Gasteiger charge is 2.74. The van der Waals surface area contributed by atoms with Gasteiger partial charge in [-0.1, -0.05) is 42.5 Å². The molecule has 0 saturated heterocycles. The number of nitrogen functional groups attached to an aromatic ring is 1. The topological polar surface area (TPSA) is 118 Å². The molecular weight excluding hydrogens is 498 g/mol. The number of anilines is 1. The van der Waals surface area contributed by atoms with Crippen molar-refractivity contribution < 1.29 is 28.8 Å². The van der Waals surface area contributed by atoms with Crippen LogP contribution in [0, 0.1) is 0 Å². The van der Waals surface area contributed by atoms with Gasteiger partial charge in [-0.3, -0.25) is 0 Å². The van der Waals surface area contributed by atoms with Crippen molar-refractivity contribution in [3.63, 3.8) is 0 Å². The monoisotopic (exact) mass is 527 g/mol. The van der Waals surface area contributed by atoms with E-state index in [-0.39, 0.29) is 5.95 Å². The lowest BCUT2D eigenvalue weighted by atomic mass is 9.70. The molecule has 3 unspecified atom stereocenters. The summed E-state index contributed by atoms with van der Waals surface area (Å²) >= 11 is 0. The van der Waals surface area contributed by atoms with E-state index in [4.69, 9.17) is 29.4 Å². The zero-order valence-electron chi connectivity index (χ0n) is 22.1. The molecule has 9 heteroatoms. The summed E-state index contributed by atoms with van der Waals surface area (Å²) in [5, 5.41) is 13.2. The summed E-state index contributed by atoms with van der Waals surface area (Å²) < 4.78 is 29.8. The van der Waals surface area contributed by atoms with Crippen molar-refractivity contribution in [3.8, 4) is 28.9 Å². The molecule has 39 heavy (non-hydrogen) atoms. The number of hydrogen-bond donors (Lipinski definition) is 2. The van der Waals surface area contributed by atoms with E-state index < -0.39 is 17.1 Å². The first kappa shape index (κ1) is 24.8. The van der Waals surface area contributed by atoms with E-state index in [1.165, 1.54) is 7.11 Å². The second-order valence-electron chi connectivity index (χ2n) is 9.41. The van der Waals surface area contributed by atoms with Crippen LogP contribution < -0.4 is 29.4 Å². The van der Waals surface area contributed by atoms with Crippen LogP contribution >= 0.6 is 0 Å². The number of rotatable bonds is 7. The Bertz CT molecular complexity index is 1550. The first-order chi connectivity index (χ1) is 18.9. The average Bonchev–Trinajstić information content (AvgIpc) is 3.35. The molecule has 0 bridgehead atoms. The lowest BCUT2D eigenvalue weighted by molar-refractivity contribution is -0.0909. The van der Waals surface area contributed by atoms with Gasteiger partial charge >= 0.3 is 0 Å². The fourth-order valence-electron chi connectivity index (χ4n) is 6.05. The number of methoxy groups -OCH3 is 3. The number of nitrogens with zero attached hydrogens (tertiary/aromatic N) is 2. The minimum atomic E-state index is -1.85. The molecule has 0 amide bonds. The van der Waals surface area contributed by atoms with E-state index in [0.29, 0.717) is 57.9 Å². The summed E-state index contributed by atoms with van der Waals surface area (Å²) in [6.07, 6.45) is 0. The smallest absolute Gasteiger partial charge is 0.223 e. The third kappa shape index (κ3) is 3.29. The van der Waals surface area contributed by atoms with Gasteiger partial charge in [-0.05, 0) is 24.6 Å². The standard InChI is InChI=1S/C30H29N3O6/c1-5-38-27-23-24(17-9-7-6-8-10-17)30(18-11-13-19(35-2)14-12-18)29(34,26(23)32-28(31)33-27)25-21(37-4)15-20(36-3)16-22(25)39-30/h6-16,24,34H,5H2,1-4H3,(H2,31,32,33). The Morgan fingerprint density at radius 2 is 1.64 bits per heavy atom. The van der Waals surface area contributed by atoms with E-state index in [2.05, 4.69) is 9.97 Å². The molecule has 1 aliphatic heterocycles. The Hall–Kier alpha value is -4.50. The third-order valence-electron chi connectivity index (χ3n) is 7.56. The highest BCUT2D eigenvalue weighted by atomic mass is 16.5. The van der Waals surface area contributed by atoms with Gasteiger partial charge in [-0.25, -0.2) is 4.98 Å². The summed E-state index contributed by atoms with van der Waals surface area (Å²) in [7, 11) is 4.71. The molecule has 2 heterocycles. The van der Waals surface area contributed by atoms with Crippen LogP contribution in [0.4, 0.5) is 5.95 Å². The average molecular weight is 528 g/mol. The number of fused-ring (bicyclic) bond motifs is 5. The van der Waals surface area contributed by atoms with Gasteiger partial charge in [0, 0.05) is 17.7 Å². The zero-order valence-corrected chi connectivity index (χ0v) is 22.1. The van der Waals surface area contributed by atoms with Crippen LogP contribution in [-0.4, -0.2) is 43.0 Å². The maximum atomic E-state index is 13.2. The fraction of sp³-hybridized carbons (Fsp3) is 0.267. The molecule has 2 aliphatic rings. The van der Waals surface area contributed by atoms with Crippen molar-refractivity contribution in [1.82, 2.24) is 9.97 Å². The zero-order chi connectivity index (χ0) is 27.4. The van der Waals surface area contributed by atoms with Crippen LogP contribution in [0.2, 0.25) is 0 Å². The van der Waals surface area contributed by atoms with Crippen LogP contribution in [-0.2, 0) is 11.2 Å². The van der Waals surface area contributed by atoms with Gasteiger partial charge in [0.15, 0.2) is 11.2 Å². The van der Waals surface area contributed by atoms with Gasteiger partial charge in [0.2, 0.25) is 11.8 Å².